The molecule has 0 unspecified atom stereocenters. The maximum absolute atomic E-state index is 6.09. The largest absolute Gasteiger partial charge is 0.282 e. The number of benzene rings is 1. The number of hydrazine groups is 2. The van der Waals surface area contributed by atoms with Gasteiger partial charge in [-0.1, -0.05) is 35.9 Å². The quantitative estimate of drug-likeness (QED) is 0.472. The SMILES string of the molecule is NN1C(=S)NNC1=c1ccc(Cl)cc1=C1C=CC=C1. The Balaban J connectivity index is 2.38. The average Bonchev–Trinajstić information content (AvgIpc) is 3.02. The molecule has 0 atom stereocenters. The normalized spacial score (nSPS) is 20.0. The number of nitrogens with zero attached hydrogens (tertiary/aromatic N) is 1. The summed E-state index contributed by atoms with van der Waals surface area (Å²) in [4.78, 5) is 0. The first-order valence-electron chi connectivity index (χ1n) is 5.66. The summed E-state index contributed by atoms with van der Waals surface area (Å²) in [6, 6.07) is 5.66. The molecule has 0 radical (unpaired) electrons. The molecule has 1 fully saturated rings. The minimum absolute atomic E-state index is 0.429. The molecule has 3 rings (SSSR count). The van der Waals surface area contributed by atoms with Gasteiger partial charge in [0.05, 0.1) is 0 Å². The summed E-state index contributed by atoms with van der Waals surface area (Å²) < 4.78 is 0. The van der Waals surface area contributed by atoms with Crippen LogP contribution in [0.5, 0.6) is 0 Å². The van der Waals surface area contributed by atoms with Crippen molar-refractivity contribution < 1.29 is 0 Å². The minimum atomic E-state index is 0.429. The molecule has 1 aromatic rings. The molecule has 1 aliphatic heterocycles. The summed E-state index contributed by atoms with van der Waals surface area (Å²) in [6.45, 7) is 0. The van der Waals surface area contributed by atoms with Gasteiger partial charge in [-0.3, -0.25) is 10.9 Å². The van der Waals surface area contributed by atoms with Crippen molar-refractivity contribution in [3.8, 4) is 0 Å². The number of nitrogens with two attached hydrogens (primary N) is 1. The summed E-state index contributed by atoms with van der Waals surface area (Å²) in [6.07, 6.45) is 8.01. The van der Waals surface area contributed by atoms with E-state index in [1.165, 1.54) is 5.01 Å². The van der Waals surface area contributed by atoms with Crippen LogP contribution in [-0.4, -0.2) is 10.1 Å². The molecule has 0 amide bonds. The van der Waals surface area contributed by atoms with Crippen molar-refractivity contribution >= 4 is 40.3 Å². The maximum atomic E-state index is 6.09. The molecule has 1 saturated heterocycles. The van der Waals surface area contributed by atoms with Crippen molar-refractivity contribution in [2.75, 3.05) is 0 Å². The Bertz CT molecular complexity index is 722. The molecular weight excluding hydrogens is 280 g/mol. The Morgan fingerprint density at radius 2 is 1.84 bits per heavy atom. The van der Waals surface area contributed by atoms with Crippen molar-refractivity contribution in [1.29, 1.82) is 0 Å². The molecule has 4 nitrogen and oxygen atoms in total. The number of rotatable bonds is 0. The lowest BCUT2D eigenvalue weighted by Crippen LogP contribution is -2.39. The van der Waals surface area contributed by atoms with Crippen molar-refractivity contribution in [3.05, 3.63) is 58.0 Å². The van der Waals surface area contributed by atoms with E-state index in [9.17, 15) is 0 Å². The average molecular weight is 291 g/mol. The van der Waals surface area contributed by atoms with Crippen LogP contribution in [0.1, 0.15) is 0 Å². The topological polar surface area (TPSA) is 53.3 Å². The zero-order valence-corrected chi connectivity index (χ0v) is 11.4. The Kier molecular flexibility index (Phi) is 3.02. The van der Waals surface area contributed by atoms with Gasteiger partial charge < -0.3 is 0 Å². The second-order valence-corrected chi connectivity index (χ2v) is 4.96. The van der Waals surface area contributed by atoms with E-state index in [1.807, 2.05) is 42.5 Å². The molecule has 6 heteroatoms. The van der Waals surface area contributed by atoms with Crippen molar-refractivity contribution in [1.82, 2.24) is 15.9 Å². The lowest BCUT2D eigenvalue weighted by Gasteiger charge is -2.09. The molecule has 1 aliphatic carbocycles. The van der Waals surface area contributed by atoms with Crippen LogP contribution in [0.4, 0.5) is 0 Å². The fourth-order valence-corrected chi connectivity index (χ4v) is 2.36. The van der Waals surface area contributed by atoms with Gasteiger partial charge in [-0.2, -0.15) is 0 Å². The first-order valence-corrected chi connectivity index (χ1v) is 6.45. The zero-order chi connectivity index (χ0) is 13.4. The van der Waals surface area contributed by atoms with Gasteiger partial charge in [0, 0.05) is 10.2 Å². The van der Waals surface area contributed by atoms with Crippen LogP contribution in [0.25, 0.3) is 11.4 Å². The van der Waals surface area contributed by atoms with Gasteiger partial charge >= 0.3 is 0 Å². The molecule has 4 N–H and O–H groups in total. The number of hydrogen-bond donors (Lipinski definition) is 3. The molecular formula is C13H11ClN4S. The highest BCUT2D eigenvalue weighted by Crippen LogP contribution is 2.08. The lowest BCUT2D eigenvalue weighted by atomic mass is 10.1. The van der Waals surface area contributed by atoms with Crippen LogP contribution >= 0.6 is 23.8 Å². The van der Waals surface area contributed by atoms with E-state index < -0.39 is 0 Å². The van der Waals surface area contributed by atoms with E-state index in [1.54, 1.807) is 0 Å². The number of hydrogen-bond acceptors (Lipinski definition) is 3. The third-order valence-corrected chi connectivity index (χ3v) is 3.49. The van der Waals surface area contributed by atoms with Gasteiger partial charge in [-0.15, -0.1) is 0 Å². The highest BCUT2D eigenvalue weighted by molar-refractivity contribution is 7.80. The van der Waals surface area contributed by atoms with Gasteiger partial charge in [-0.05, 0) is 41.2 Å². The Morgan fingerprint density at radius 1 is 1.11 bits per heavy atom. The molecule has 0 saturated carbocycles. The van der Waals surface area contributed by atoms with Crippen LogP contribution in [0, 0.1) is 0 Å². The predicted molar refractivity (Wildman–Crippen MR) is 80.7 cm³/mol. The summed E-state index contributed by atoms with van der Waals surface area (Å²) in [7, 11) is 0. The third-order valence-electron chi connectivity index (χ3n) is 2.96. The molecule has 19 heavy (non-hydrogen) atoms. The zero-order valence-electron chi connectivity index (χ0n) is 9.85. The van der Waals surface area contributed by atoms with E-state index >= 15 is 0 Å². The lowest BCUT2D eigenvalue weighted by molar-refractivity contribution is 0.632. The van der Waals surface area contributed by atoms with E-state index in [0.717, 1.165) is 16.0 Å². The van der Waals surface area contributed by atoms with Crippen molar-refractivity contribution in [3.63, 3.8) is 0 Å². The predicted octanol–water partition coefficient (Wildman–Crippen LogP) is 0.251. The standard InChI is InChI=1S/C13H11ClN4S/c14-9-5-6-10(12-16-17-13(19)18(12)15)11(7-9)8-3-1-2-4-8/h1-7,16H,15H2,(H,17,19). The van der Waals surface area contributed by atoms with Gasteiger partial charge in [0.2, 0.25) is 5.11 Å². The first-order chi connectivity index (χ1) is 9.16. The van der Waals surface area contributed by atoms with Crippen LogP contribution in [0.2, 0.25) is 5.02 Å². The third kappa shape index (κ3) is 2.12. The molecule has 0 spiro atoms. The summed E-state index contributed by atoms with van der Waals surface area (Å²) >= 11 is 11.2. The monoisotopic (exact) mass is 290 g/mol. The first kappa shape index (κ1) is 12.2. The fraction of sp³-hybridized carbons (Fsp3) is 0. The summed E-state index contributed by atoms with van der Waals surface area (Å²) in [5.74, 6) is 6.62. The molecule has 0 aromatic heterocycles. The van der Waals surface area contributed by atoms with Gasteiger partial charge in [0.25, 0.3) is 0 Å². The van der Waals surface area contributed by atoms with Gasteiger partial charge in [-0.25, -0.2) is 10.9 Å². The molecule has 1 heterocycles. The van der Waals surface area contributed by atoms with Crippen LogP contribution in [-0.2, 0) is 0 Å². The second-order valence-electron chi connectivity index (χ2n) is 4.14. The molecule has 2 aliphatic rings. The summed E-state index contributed by atoms with van der Waals surface area (Å²) in [5, 5.41) is 4.45. The highest BCUT2D eigenvalue weighted by atomic mass is 35.5. The minimum Gasteiger partial charge on any atom is -0.282 e. The number of nitrogens with one attached hydrogen (secondary N) is 2. The molecule has 96 valence electrons. The Hall–Kier alpha value is -1.82. The van der Waals surface area contributed by atoms with Crippen LogP contribution in [0.15, 0.2) is 42.5 Å². The number of thiocarbonyl (C=S) groups is 1. The highest BCUT2D eigenvalue weighted by Gasteiger charge is 2.19. The Morgan fingerprint density at radius 3 is 2.47 bits per heavy atom. The second kappa shape index (κ2) is 4.70. The van der Waals surface area contributed by atoms with Crippen molar-refractivity contribution in [2.24, 2.45) is 5.84 Å². The molecule has 0 bridgehead atoms. The van der Waals surface area contributed by atoms with E-state index in [0.29, 0.717) is 16.0 Å². The smallest absolute Gasteiger partial charge is 0.208 e. The van der Waals surface area contributed by atoms with E-state index in [2.05, 4.69) is 10.9 Å². The summed E-state index contributed by atoms with van der Waals surface area (Å²) in [5.41, 5.74) is 6.88. The Labute approximate surface area is 120 Å². The van der Waals surface area contributed by atoms with Gasteiger partial charge in [0.15, 0.2) is 0 Å². The maximum Gasteiger partial charge on any atom is 0.208 e. The van der Waals surface area contributed by atoms with Crippen molar-refractivity contribution in [2.45, 2.75) is 0 Å². The molecule has 1 aromatic carbocycles. The fourth-order valence-electron chi connectivity index (χ4n) is 2.05. The van der Waals surface area contributed by atoms with Crippen LogP contribution in [0.3, 0.4) is 0 Å². The number of halogens is 1. The van der Waals surface area contributed by atoms with E-state index in [4.69, 9.17) is 29.7 Å². The number of allylic oxidation sites excluding steroid dienone is 4. The van der Waals surface area contributed by atoms with E-state index in [-0.39, 0.29) is 0 Å². The van der Waals surface area contributed by atoms with Crippen LogP contribution < -0.4 is 27.1 Å². The van der Waals surface area contributed by atoms with Gasteiger partial charge in [0.1, 0.15) is 5.82 Å².